The van der Waals surface area contributed by atoms with E-state index in [-0.39, 0.29) is 11.4 Å². The summed E-state index contributed by atoms with van der Waals surface area (Å²) in [6.45, 7) is 6.17. The molecule has 0 amide bonds. The maximum Gasteiger partial charge on any atom is 0.294 e. The van der Waals surface area contributed by atoms with Gasteiger partial charge in [0.15, 0.2) is 0 Å². The minimum absolute atomic E-state index is 0.00488. The van der Waals surface area contributed by atoms with Gasteiger partial charge in [0.1, 0.15) is 5.69 Å². The second kappa shape index (κ2) is 4.63. The molecule has 0 bridgehead atoms. The third kappa shape index (κ3) is 2.10. The van der Waals surface area contributed by atoms with Crippen molar-refractivity contribution in [3.05, 3.63) is 28.3 Å². The highest BCUT2D eigenvalue weighted by Gasteiger charge is 2.50. The van der Waals surface area contributed by atoms with Crippen LogP contribution in [0.4, 0.5) is 17.1 Å². The molecule has 108 valence electrons. The Balaban J connectivity index is 1.84. The average Bonchev–Trinajstić information content (AvgIpc) is 3.19. The Morgan fingerprint density at radius 1 is 1.40 bits per heavy atom. The lowest BCUT2D eigenvalue weighted by atomic mass is 10.1. The van der Waals surface area contributed by atoms with Crippen molar-refractivity contribution in [2.75, 3.05) is 36.8 Å². The topological polar surface area (TPSA) is 75.6 Å². The SMILES string of the molecule is CCN1CCN(c2ccc(N)c([N+](=O)[O-])c2)CC12CC2. The van der Waals surface area contributed by atoms with E-state index in [0.29, 0.717) is 5.54 Å². The number of nitrogens with two attached hydrogens (primary N) is 1. The quantitative estimate of drug-likeness (QED) is 0.518. The van der Waals surface area contributed by atoms with Crippen LogP contribution in [0.15, 0.2) is 18.2 Å². The van der Waals surface area contributed by atoms with E-state index in [1.165, 1.54) is 12.8 Å². The van der Waals surface area contributed by atoms with Crippen LogP contribution in [0.2, 0.25) is 0 Å². The van der Waals surface area contributed by atoms with Crippen molar-refractivity contribution in [1.82, 2.24) is 4.90 Å². The molecule has 20 heavy (non-hydrogen) atoms. The van der Waals surface area contributed by atoms with Gasteiger partial charge in [0.2, 0.25) is 0 Å². The lowest BCUT2D eigenvalue weighted by molar-refractivity contribution is -0.383. The predicted octanol–water partition coefficient (Wildman–Crippen LogP) is 1.85. The first-order valence-corrected chi connectivity index (χ1v) is 7.10. The van der Waals surface area contributed by atoms with Gasteiger partial charge in [-0.1, -0.05) is 6.92 Å². The molecule has 2 aliphatic rings. The van der Waals surface area contributed by atoms with E-state index in [9.17, 15) is 10.1 Å². The Hall–Kier alpha value is -1.82. The van der Waals surface area contributed by atoms with Gasteiger partial charge in [0.25, 0.3) is 5.69 Å². The van der Waals surface area contributed by atoms with Crippen molar-refractivity contribution >= 4 is 17.1 Å². The molecule has 1 aliphatic carbocycles. The summed E-state index contributed by atoms with van der Waals surface area (Å²) >= 11 is 0. The van der Waals surface area contributed by atoms with Crippen molar-refractivity contribution in [2.24, 2.45) is 0 Å². The van der Waals surface area contributed by atoms with Gasteiger partial charge in [0, 0.05) is 36.9 Å². The van der Waals surface area contributed by atoms with Gasteiger partial charge in [-0.15, -0.1) is 0 Å². The minimum Gasteiger partial charge on any atom is -0.393 e. The lowest BCUT2D eigenvalue weighted by Gasteiger charge is -2.42. The minimum atomic E-state index is -0.409. The van der Waals surface area contributed by atoms with E-state index < -0.39 is 4.92 Å². The van der Waals surface area contributed by atoms with E-state index in [1.54, 1.807) is 12.1 Å². The fourth-order valence-electron chi connectivity index (χ4n) is 3.23. The predicted molar refractivity (Wildman–Crippen MR) is 78.9 cm³/mol. The largest absolute Gasteiger partial charge is 0.393 e. The first-order valence-electron chi connectivity index (χ1n) is 7.10. The van der Waals surface area contributed by atoms with Crippen LogP contribution in [0, 0.1) is 10.1 Å². The number of nitro groups is 1. The van der Waals surface area contributed by atoms with E-state index in [2.05, 4.69) is 16.7 Å². The Bertz CT molecular complexity index is 542. The van der Waals surface area contributed by atoms with Crippen molar-refractivity contribution in [1.29, 1.82) is 0 Å². The first kappa shape index (κ1) is 13.2. The van der Waals surface area contributed by atoms with Gasteiger partial charge >= 0.3 is 0 Å². The molecule has 3 rings (SSSR count). The average molecular weight is 276 g/mol. The Kier molecular flexibility index (Phi) is 3.05. The van der Waals surface area contributed by atoms with Crippen LogP contribution in [0.5, 0.6) is 0 Å². The van der Waals surface area contributed by atoms with Crippen molar-refractivity contribution < 1.29 is 4.92 Å². The number of benzene rings is 1. The Morgan fingerprint density at radius 2 is 2.15 bits per heavy atom. The maximum absolute atomic E-state index is 11.0. The summed E-state index contributed by atoms with van der Waals surface area (Å²) in [4.78, 5) is 15.4. The Morgan fingerprint density at radius 3 is 2.75 bits per heavy atom. The standard InChI is InChI=1S/C14H20N4O2/c1-2-17-8-7-16(10-14(17)5-6-14)11-3-4-12(15)13(9-11)18(19)20/h3-4,9H,2,5-8,10,15H2,1H3. The molecule has 6 nitrogen and oxygen atoms in total. The maximum atomic E-state index is 11.0. The highest BCUT2D eigenvalue weighted by atomic mass is 16.6. The lowest BCUT2D eigenvalue weighted by Crippen LogP contribution is -2.54. The summed E-state index contributed by atoms with van der Waals surface area (Å²) in [5.41, 5.74) is 7.11. The highest BCUT2D eigenvalue weighted by Crippen LogP contribution is 2.45. The number of nitro benzene ring substituents is 1. The number of anilines is 2. The van der Waals surface area contributed by atoms with Gasteiger partial charge < -0.3 is 10.6 Å². The zero-order chi connectivity index (χ0) is 14.3. The molecular formula is C14H20N4O2. The third-order valence-corrected chi connectivity index (χ3v) is 4.58. The summed E-state index contributed by atoms with van der Waals surface area (Å²) < 4.78 is 0. The van der Waals surface area contributed by atoms with Gasteiger partial charge in [0.05, 0.1) is 4.92 Å². The first-order chi connectivity index (χ1) is 9.55. The monoisotopic (exact) mass is 276 g/mol. The van der Waals surface area contributed by atoms with E-state index in [1.807, 2.05) is 6.07 Å². The van der Waals surface area contributed by atoms with Crippen LogP contribution >= 0.6 is 0 Å². The van der Waals surface area contributed by atoms with Crippen LogP contribution in [0.3, 0.4) is 0 Å². The number of hydrogen-bond donors (Lipinski definition) is 1. The normalized spacial score (nSPS) is 21.1. The molecule has 0 unspecified atom stereocenters. The zero-order valence-electron chi connectivity index (χ0n) is 11.7. The number of nitrogens with zero attached hydrogens (tertiary/aromatic N) is 3. The summed E-state index contributed by atoms with van der Waals surface area (Å²) in [5.74, 6) is 0. The molecule has 0 aromatic heterocycles. The molecule has 1 aromatic carbocycles. The van der Waals surface area contributed by atoms with Crippen molar-refractivity contribution in [3.8, 4) is 0 Å². The molecule has 1 saturated heterocycles. The van der Waals surface area contributed by atoms with Gasteiger partial charge in [-0.05, 0) is 31.5 Å². The molecule has 2 fully saturated rings. The van der Waals surface area contributed by atoms with Crippen molar-refractivity contribution in [2.45, 2.75) is 25.3 Å². The second-order valence-electron chi connectivity index (χ2n) is 5.73. The fourth-order valence-corrected chi connectivity index (χ4v) is 3.23. The smallest absolute Gasteiger partial charge is 0.294 e. The molecule has 2 N–H and O–H groups in total. The summed E-state index contributed by atoms with van der Waals surface area (Å²) in [6, 6.07) is 5.13. The van der Waals surface area contributed by atoms with E-state index >= 15 is 0 Å². The van der Waals surface area contributed by atoms with Crippen LogP contribution in [-0.4, -0.2) is 41.5 Å². The molecule has 0 radical (unpaired) electrons. The fraction of sp³-hybridized carbons (Fsp3) is 0.571. The zero-order valence-corrected chi connectivity index (χ0v) is 11.7. The van der Waals surface area contributed by atoms with E-state index in [0.717, 1.165) is 31.9 Å². The van der Waals surface area contributed by atoms with E-state index in [4.69, 9.17) is 5.73 Å². The molecule has 1 spiro atoms. The number of nitrogen functional groups attached to an aromatic ring is 1. The summed E-state index contributed by atoms with van der Waals surface area (Å²) in [5, 5.41) is 11.0. The second-order valence-corrected chi connectivity index (χ2v) is 5.73. The molecule has 1 heterocycles. The molecule has 1 aromatic rings. The molecule has 0 atom stereocenters. The summed E-state index contributed by atoms with van der Waals surface area (Å²) in [7, 11) is 0. The number of piperazine rings is 1. The number of likely N-dealkylation sites (N-methyl/N-ethyl adjacent to an activating group) is 1. The molecule has 6 heteroatoms. The van der Waals surface area contributed by atoms with Gasteiger partial charge in [-0.25, -0.2) is 0 Å². The number of rotatable bonds is 3. The molecular weight excluding hydrogens is 256 g/mol. The van der Waals surface area contributed by atoms with Crippen LogP contribution in [0.1, 0.15) is 19.8 Å². The summed E-state index contributed by atoms with van der Waals surface area (Å²) in [6.07, 6.45) is 2.46. The Labute approximate surface area is 118 Å². The third-order valence-electron chi connectivity index (χ3n) is 4.58. The van der Waals surface area contributed by atoms with Gasteiger partial charge in [-0.2, -0.15) is 0 Å². The molecule has 1 saturated carbocycles. The van der Waals surface area contributed by atoms with Crippen molar-refractivity contribution in [3.63, 3.8) is 0 Å². The van der Waals surface area contributed by atoms with Crippen LogP contribution in [-0.2, 0) is 0 Å². The van der Waals surface area contributed by atoms with Crippen LogP contribution < -0.4 is 10.6 Å². The molecule has 1 aliphatic heterocycles. The van der Waals surface area contributed by atoms with Gasteiger partial charge in [-0.3, -0.25) is 15.0 Å². The van der Waals surface area contributed by atoms with Crippen LogP contribution in [0.25, 0.3) is 0 Å². The highest BCUT2D eigenvalue weighted by molar-refractivity contribution is 5.66. The number of hydrogen-bond acceptors (Lipinski definition) is 5.